The summed E-state index contributed by atoms with van der Waals surface area (Å²) in [6.07, 6.45) is 3.47. The van der Waals surface area contributed by atoms with Gasteiger partial charge in [-0.15, -0.1) is 0 Å². The molecule has 1 fully saturated rings. The largest absolute Gasteiger partial charge is 0.480 e. The number of ether oxygens (including phenoxy) is 1. The topological polar surface area (TPSA) is 116 Å². The summed E-state index contributed by atoms with van der Waals surface area (Å²) in [7, 11) is 5.21. The second-order valence-electron chi connectivity index (χ2n) is 8.61. The molecule has 4 aromatic rings. The van der Waals surface area contributed by atoms with Crippen LogP contribution in [0.5, 0.6) is 5.75 Å². The minimum atomic E-state index is -0.477. The van der Waals surface area contributed by atoms with Gasteiger partial charge < -0.3 is 24.8 Å². The van der Waals surface area contributed by atoms with E-state index in [4.69, 9.17) is 4.74 Å². The highest BCUT2D eigenvalue weighted by molar-refractivity contribution is 5.98. The van der Waals surface area contributed by atoms with E-state index in [9.17, 15) is 9.59 Å². The minimum absolute atomic E-state index is 0.0190. The third kappa shape index (κ3) is 4.63. The van der Waals surface area contributed by atoms with Gasteiger partial charge in [0.2, 0.25) is 5.95 Å². The van der Waals surface area contributed by atoms with Gasteiger partial charge in [0.15, 0.2) is 6.10 Å². The van der Waals surface area contributed by atoms with Crippen LogP contribution in [-0.2, 0) is 4.79 Å². The maximum Gasteiger partial charge on any atom is 0.269 e. The monoisotopic (exact) mass is 471 g/mol. The molecule has 35 heavy (non-hydrogen) atoms. The van der Waals surface area contributed by atoms with E-state index in [1.54, 1.807) is 56.6 Å². The zero-order valence-corrected chi connectivity index (χ0v) is 19.6. The quantitative estimate of drug-likeness (QED) is 0.444. The minimum Gasteiger partial charge on any atom is -0.480 e. The number of aromatic nitrogens is 4. The van der Waals surface area contributed by atoms with Gasteiger partial charge in [-0.2, -0.15) is 0 Å². The van der Waals surface area contributed by atoms with Gasteiger partial charge >= 0.3 is 0 Å². The zero-order chi connectivity index (χ0) is 24.5. The summed E-state index contributed by atoms with van der Waals surface area (Å²) in [6.45, 7) is 0.685. The normalized spacial score (nSPS) is 15.5. The van der Waals surface area contributed by atoms with Crippen molar-refractivity contribution >= 4 is 34.4 Å². The first-order chi connectivity index (χ1) is 16.9. The molecule has 3 aromatic heterocycles. The summed E-state index contributed by atoms with van der Waals surface area (Å²) in [5, 5.41) is 4.11. The van der Waals surface area contributed by atoms with Crippen molar-refractivity contribution in [3.05, 3.63) is 60.6 Å². The number of benzene rings is 1. The molecule has 5 rings (SSSR count). The second-order valence-corrected chi connectivity index (χ2v) is 8.61. The number of carbonyl (C=O) groups excluding carboxylic acids is 2. The summed E-state index contributed by atoms with van der Waals surface area (Å²) in [5.74, 6) is 0.865. The zero-order valence-electron chi connectivity index (χ0n) is 19.6. The number of pyridine rings is 1. The Hall–Kier alpha value is -4.47. The number of hydrogen-bond donors (Lipinski definition) is 2. The number of rotatable bonds is 6. The number of likely N-dealkylation sites (tertiary alicyclic amines) is 1. The Morgan fingerprint density at radius 2 is 1.94 bits per heavy atom. The molecular weight excluding hydrogens is 446 g/mol. The van der Waals surface area contributed by atoms with Crippen LogP contribution < -0.4 is 10.1 Å². The fourth-order valence-corrected chi connectivity index (χ4v) is 3.95. The first-order valence-corrected chi connectivity index (χ1v) is 11.2. The number of hydrogen-bond acceptors (Lipinski definition) is 7. The lowest BCUT2D eigenvalue weighted by Crippen LogP contribution is -2.29. The maximum atomic E-state index is 12.2. The van der Waals surface area contributed by atoms with Crippen LogP contribution in [-0.4, -0.2) is 75.3 Å². The molecule has 4 heterocycles. The number of nitrogens with one attached hydrogen (secondary N) is 2. The van der Waals surface area contributed by atoms with Crippen molar-refractivity contribution in [2.24, 2.45) is 0 Å². The Morgan fingerprint density at radius 3 is 2.71 bits per heavy atom. The number of H-pyrrole nitrogens is 1. The van der Waals surface area contributed by atoms with Crippen molar-refractivity contribution in [1.29, 1.82) is 0 Å². The van der Waals surface area contributed by atoms with Crippen LogP contribution in [0.15, 0.2) is 54.9 Å². The highest BCUT2D eigenvalue weighted by atomic mass is 16.5. The summed E-state index contributed by atoms with van der Waals surface area (Å²) in [4.78, 5) is 44.1. The molecule has 10 heteroatoms. The van der Waals surface area contributed by atoms with Gasteiger partial charge in [0, 0.05) is 69.2 Å². The van der Waals surface area contributed by atoms with Crippen LogP contribution in [0.2, 0.25) is 0 Å². The first kappa shape index (κ1) is 22.3. The van der Waals surface area contributed by atoms with Gasteiger partial charge in [0.05, 0.1) is 11.4 Å². The number of anilines is 2. The van der Waals surface area contributed by atoms with Crippen LogP contribution in [0.4, 0.5) is 11.6 Å². The lowest BCUT2D eigenvalue weighted by atomic mass is 10.2. The standard InChI is InChI=1S/C25H25N7O3/c1-31(2)23(33)21-13-15-12-16(4-5-18(15)29-21)28-25-27-10-7-19(30-25)20-14-17(6-9-26-20)35-22-8-11-32(3)24(22)34/h4-7,9-10,12-14,22,29H,8,11H2,1-3H3,(H,27,28,30)/t22-/m0/s1. The smallest absolute Gasteiger partial charge is 0.269 e. The molecule has 0 saturated carbocycles. The number of nitrogens with zero attached hydrogens (tertiary/aromatic N) is 5. The first-order valence-electron chi connectivity index (χ1n) is 11.2. The summed E-state index contributed by atoms with van der Waals surface area (Å²) in [6, 6.07) is 12.8. The van der Waals surface area contributed by atoms with Gasteiger partial charge in [-0.3, -0.25) is 14.6 Å². The van der Waals surface area contributed by atoms with Gasteiger partial charge in [-0.25, -0.2) is 9.97 Å². The summed E-state index contributed by atoms with van der Waals surface area (Å²) >= 11 is 0. The molecule has 0 radical (unpaired) electrons. The lowest BCUT2D eigenvalue weighted by Gasteiger charge is -2.13. The van der Waals surface area contributed by atoms with Crippen molar-refractivity contribution in [1.82, 2.24) is 29.7 Å². The number of fused-ring (bicyclic) bond motifs is 1. The van der Waals surface area contributed by atoms with Crippen molar-refractivity contribution in [3.63, 3.8) is 0 Å². The molecule has 1 saturated heterocycles. The fourth-order valence-electron chi connectivity index (χ4n) is 3.95. The molecule has 2 N–H and O–H groups in total. The van der Waals surface area contributed by atoms with Crippen LogP contribution in [0.1, 0.15) is 16.9 Å². The van der Waals surface area contributed by atoms with E-state index < -0.39 is 6.10 Å². The van der Waals surface area contributed by atoms with Crippen LogP contribution in [0, 0.1) is 0 Å². The van der Waals surface area contributed by atoms with E-state index >= 15 is 0 Å². The molecule has 0 aliphatic carbocycles. The van der Waals surface area contributed by atoms with Crippen molar-refractivity contribution in [2.75, 3.05) is 33.0 Å². The third-order valence-corrected chi connectivity index (χ3v) is 5.82. The predicted octanol–water partition coefficient (Wildman–Crippen LogP) is 3.07. The van der Waals surface area contributed by atoms with Gasteiger partial charge in [-0.1, -0.05) is 0 Å². The summed E-state index contributed by atoms with van der Waals surface area (Å²) < 4.78 is 5.90. The highest BCUT2D eigenvalue weighted by Gasteiger charge is 2.30. The van der Waals surface area contributed by atoms with Crippen LogP contribution in [0.25, 0.3) is 22.3 Å². The molecule has 2 amide bonds. The number of aromatic amines is 1. The third-order valence-electron chi connectivity index (χ3n) is 5.82. The van der Waals surface area contributed by atoms with Crippen molar-refractivity contribution in [2.45, 2.75) is 12.5 Å². The molecular formula is C25H25N7O3. The fraction of sp³-hybridized carbons (Fsp3) is 0.240. The lowest BCUT2D eigenvalue weighted by molar-refractivity contribution is -0.132. The second kappa shape index (κ2) is 9.05. The molecule has 1 aliphatic rings. The average molecular weight is 472 g/mol. The molecule has 178 valence electrons. The average Bonchev–Trinajstić information content (AvgIpc) is 3.42. The Balaban J connectivity index is 1.34. The number of amides is 2. The van der Waals surface area contributed by atoms with Crippen LogP contribution >= 0.6 is 0 Å². The Bertz CT molecular complexity index is 1420. The molecule has 1 atom stereocenters. The Morgan fingerprint density at radius 1 is 1.11 bits per heavy atom. The van der Waals surface area contributed by atoms with Crippen molar-refractivity contribution < 1.29 is 14.3 Å². The number of carbonyl (C=O) groups is 2. The maximum absolute atomic E-state index is 12.2. The van der Waals surface area contributed by atoms with Crippen molar-refractivity contribution in [3.8, 4) is 17.1 Å². The van der Waals surface area contributed by atoms with Gasteiger partial charge in [0.1, 0.15) is 11.4 Å². The van der Waals surface area contributed by atoms with E-state index in [0.717, 1.165) is 16.6 Å². The SMILES string of the molecule is CN(C)C(=O)c1cc2cc(Nc3nccc(-c4cc(O[C@H]5CCN(C)C5=O)ccn4)n3)ccc2[nH]1. The molecule has 0 bridgehead atoms. The molecule has 10 nitrogen and oxygen atoms in total. The number of likely N-dealkylation sites (N-methyl/N-ethyl adjacent to an activating group) is 1. The van der Waals surface area contributed by atoms with E-state index in [-0.39, 0.29) is 11.8 Å². The van der Waals surface area contributed by atoms with Crippen LogP contribution in [0.3, 0.4) is 0 Å². The predicted molar refractivity (Wildman–Crippen MR) is 132 cm³/mol. The van der Waals surface area contributed by atoms with E-state index in [1.807, 2.05) is 24.3 Å². The van der Waals surface area contributed by atoms with Gasteiger partial charge in [-0.05, 0) is 36.4 Å². The molecule has 1 aromatic carbocycles. The summed E-state index contributed by atoms with van der Waals surface area (Å²) in [5.41, 5.74) is 3.40. The highest BCUT2D eigenvalue weighted by Crippen LogP contribution is 2.25. The Kier molecular flexibility index (Phi) is 5.77. The van der Waals surface area contributed by atoms with Gasteiger partial charge in [0.25, 0.3) is 11.8 Å². The van der Waals surface area contributed by atoms with E-state index in [1.165, 1.54) is 4.90 Å². The molecule has 0 unspecified atom stereocenters. The Labute approximate surface area is 202 Å². The van der Waals surface area contributed by atoms with E-state index in [0.29, 0.717) is 41.7 Å². The van der Waals surface area contributed by atoms with E-state index in [2.05, 4.69) is 25.3 Å². The molecule has 1 aliphatic heterocycles. The molecule has 0 spiro atoms.